The summed E-state index contributed by atoms with van der Waals surface area (Å²) in [6, 6.07) is 3.63. The molecule has 0 saturated carbocycles. The van der Waals surface area contributed by atoms with Gasteiger partial charge in [-0.3, -0.25) is 4.79 Å². The van der Waals surface area contributed by atoms with Gasteiger partial charge in [-0.1, -0.05) is 0 Å². The maximum atomic E-state index is 12.6. The Bertz CT molecular complexity index is 476. The first-order valence-corrected chi connectivity index (χ1v) is 7.26. The van der Waals surface area contributed by atoms with Crippen LogP contribution in [0, 0.1) is 12.8 Å². The zero-order valence-corrected chi connectivity index (χ0v) is 12.2. The van der Waals surface area contributed by atoms with Gasteiger partial charge in [0.2, 0.25) is 0 Å². The van der Waals surface area contributed by atoms with Crippen LogP contribution in [0.5, 0.6) is 0 Å². The second kappa shape index (κ2) is 6.70. The number of aliphatic hydroxyl groups excluding tert-OH is 1. The lowest BCUT2D eigenvalue weighted by Gasteiger charge is -2.32. The molecule has 1 aromatic heterocycles. The van der Waals surface area contributed by atoms with Crippen molar-refractivity contribution >= 4 is 11.7 Å². The molecule has 1 amide bonds. The monoisotopic (exact) mass is 277 g/mol. The Labute approximate surface area is 120 Å². The number of nitrogens with one attached hydrogen (secondary N) is 1. The van der Waals surface area contributed by atoms with Gasteiger partial charge in [-0.05, 0) is 44.7 Å². The molecule has 0 aliphatic carbocycles. The van der Waals surface area contributed by atoms with Crippen LogP contribution in [0.25, 0.3) is 0 Å². The Kier molecular flexibility index (Phi) is 4.95. The minimum Gasteiger partial charge on any atom is -0.396 e. The zero-order valence-electron chi connectivity index (χ0n) is 12.2. The molecule has 1 unspecified atom stereocenters. The highest BCUT2D eigenvalue weighted by Gasteiger charge is 2.24. The number of anilines is 1. The molecule has 2 rings (SSSR count). The molecule has 0 bridgehead atoms. The van der Waals surface area contributed by atoms with Crippen molar-refractivity contribution in [3.63, 3.8) is 0 Å². The van der Waals surface area contributed by atoms with E-state index in [1.807, 2.05) is 24.8 Å². The predicted molar refractivity (Wildman–Crippen MR) is 78.9 cm³/mol. The smallest absolute Gasteiger partial charge is 0.254 e. The third kappa shape index (κ3) is 3.48. The van der Waals surface area contributed by atoms with E-state index in [9.17, 15) is 9.90 Å². The van der Waals surface area contributed by atoms with E-state index in [2.05, 4.69) is 10.3 Å². The Morgan fingerprint density at radius 2 is 2.35 bits per heavy atom. The standard InChI is InChI=1S/C15H23N3O2/c1-3-16-14-8-13(7-11(2)17-14)15(20)18-6-4-5-12(9-18)10-19/h7-8,12,19H,3-6,9-10H2,1-2H3,(H,16,17). The summed E-state index contributed by atoms with van der Waals surface area (Å²) in [5.41, 5.74) is 1.51. The normalized spacial score (nSPS) is 18.9. The van der Waals surface area contributed by atoms with E-state index < -0.39 is 0 Å². The van der Waals surface area contributed by atoms with Crippen LogP contribution in [-0.2, 0) is 0 Å². The summed E-state index contributed by atoms with van der Waals surface area (Å²) in [6.07, 6.45) is 1.96. The van der Waals surface area contributed by atoms with Gasteiger partial charge in [-0.25, -0.2) is 4.98 Å². The van der Waals surface area contributed by atoms with Gasteiger partial charge in [0, 0.05) is 37.5 Å². The Morgan fingerprint density at radius 1 is 1.55 bits per heavy atom. The summed E-state index contributed by atoms with van der Waals surface area (Å²) in [7, 11) is 0. The van der Waals surface area contributed by atoms with Crippen LogP contribution in [0.3, 0.4) is 0 Å². The van der Waals surface area contributed by atoms with Gasteiger partial charge >= 0.3 is 0 Å². The summed E-state index contributed by atoms with van der Waals surface area (Å²) in [5, 5.41) is 12.4. The molecule has 1 aliphatic heterocycles. The topological polar surface area (TPSA) is 65.5 Å². The highest BCUT2D eigenvalue weighted by Crippen LogP contribution is 2.19. The number of nitrogens with zero attached hydrogens (tertiary/aromatic N) is 2. The lowest BCUT2D eigenvalue weighted by molar-refractivity contribution is 0.0620. The van der Waals surface area contributed by atoms with Crippen LogP contribution in [0.4, 0.5) is 5.82 Å². The second-order valence-electron chi connectivity index (χ2n) is 5.35. The van der Waals surface area contributed by atoms with Crippen LogP contribution >= 0.6 is 0 Å². The number of piperidine rings is 1. The van der Waals surface area contributed by atoms with Crippen LogP contribution in [0.1, 0.15) is 35.8 Å². The molecule has 0 aromatic carbocycles. The highest BCUT2D eigenvalue weighted by atomic mass is 16.3. The molecular formula is C15H23N3O2. The summed E-state index contributed by atoms with van der Waals surface area (Å²) in [4.78, 5) is 18.8. The van der Waals surface area contributed by atoms with Crippen molar-refractivity contribution in [1.29, 1.82) is 0 Å². The molecule has 2 heterocycles. The number of pyridine rings is 1. The molecule has 1 saturated heterocycles. The number of amides is 1. The average Bonchev–Trinajstić information content (AvgIpc) is 2.46. The number of aromatic nitrogens is 1. The minimum atomic E-state index is 0.0350. The van der Waals surface area contributed by atoms with E-state index in [1.165, 1.54) is 0 Å². The second-order valence-corrected chi connectivity index (χ2v) is 5.35. The number of likely N-dealkylation sites (tertiary alicyclic amines) is 1. The molecular weight excluding hydrogens is 254 g/mol. The van der Waals surface area contributed by atoms with Crippen molar-refractivity contribution in [3.8, 4) is 0 Å². The highest BCUT2D eigenvalue weighted by molar-refractivity contribution is 5.95. The fourth-order valence-corrected chi connectivity index (χ4v) is 2.64. The molecule has 0 spiro atoms. The fraction of sp³-hybridized carbons (Fsp3) is 0.600. The summed E-state index contributed by atoms with van der Waals surface area (Å²) in [5.74, 6) is 0.989. The average molecular weight is 277 g/mol. The third-order valence-electron chi connectivity index (χ3n) is 3.62. The molecule has 2 N–H and O–H groups in total. The van der Waals surface area contributed by atoms with Crippen molar-refractivity contribution in [3.05, 3.63) is 23.4 Å². The van der Waals surface area contributed by atoms with E-state index >= 15 is 0 Å². The van der Waals surface area contributed by atoms with E-state index in [0.29, 0.717) is 12.1 Å². The van der Waals surface area contributed by atoms with Crippen molar-refractivity contribution in [1.82, 2.24) is 9.88 Å². The molecule has 0 radical (unpaired) electrons. The fourth-order valence-electron chi connectivity index (χ4n) is 2.64. The van der Waals surface area contributed by atoms with Gasteiger partial charge in [-0.2, -0.15) is 0 Å². The third-order valence-corrected chi connectivity index (χ3v) is 3.62. The largest absolute Gasteiger partial charge is 0.396 e. The first-order valence-electron chi connectivity index (χ1n) is 7.26. The van der Waals surface area contributed by atoms with Gasteiger partial charge in [0.1, 0.15) is 5.82 Å². The lowest BCUT2D eigenvalue weighted by Crippen LogP contribution is -2.41. The zero-order chi connectivity index (χ0) is 14.5. The number of aliphatic hydroxyl groups is 1. The van der Waals surface area contributed by atoms with Crippen LogP contribution in [0.2, 0.25) is 0 Å². The lowest BCUT2D eigenvalue weighted by atomic mass is 9.98. The number of aryl methyl sites for hydroxylation is 1. The summed E-state index contributed by atoms with van der Waals surface area (Å²) in [6.45, 7) is 6.25. The molecule has 1 aromatic rings. The van der Waals surface area contributed by atoms with E-state index in [0.717, 1.165) is 37.4 Å². The summed E-state index contributed by atoms with van der Waals surface area (Å²) < 4.78 is 0. The maximum Gasteiger partial charge on any atom is 0.254 e. The van der Waals surface area contributed by atoms with Crippen LogP contribution < -0.4 is 5.32 Å². The molecule has 5 heteroatoms. The molecule has 110 valence electrons. The van der Waals surface area contributed by atoms with Crippen molar-refractivity contribution in [2.45, 2.75) is 26.7 Å². The number of hydrogen-bond donors (Lipinski definition) is 2. The Hall–Kier alpha value is -1.62. The Morgan fingerprint density at radius 3 is 3.05 bits per heavy atom. The first-order chi connectivity index (χ1) is 9.63. The summed E-state index contributed by atoms with van der Waals surface area (Å²) >= 11 is 0. The van der Waals surface area contributed by atoms with Gasteiger partial charge in [0.05, 0.1) is 0 Å². The first kappa shape index (κ1) is 14.8. The van der Waals surface area contributed by atoms with Crippen molar-refractivity contribution in [2.24, 2.45) is 5.92 Å². The minimum absolute atomic E-state index is 0.0350. The number of hydrogen-bond acceptors (Lipinski definition) is 4. The SMILES string of the molecule is CCNc1cc(C(=O)N2CCCC(CO)C2)cc(C)n1. The van der Waals surface area contributed by atoms with Gasteiger partial charge in [-0.15, -0.1) is 0 Å². The molecule has 1 atom stereocenters. The molecule has 5 nitrogen and oxygen atoms in total. The van der Waals surface area contributed by atoms with Crippen LogP contribution in [-0.4, -0.2) is 47.1 Å². The Balaban J connectivity index is 2.15. The van der Waals surface area contributed by atoms with Gasteiger partial charge in [0.25, 0.3) is 5.91 Å². The number of carbonyl (C=O) groups excluding carboxylic acids is 1. The molecule has 1 fully saturated rings. The van der Waals surface area contributed by atoms with Gasteiger partial charge in [0.15, 0.2) is 0 Å². The number of rotatable bonds is 4. The van der Waals surface area contributed by atoms with Crippen molar-refractivity contribution < 1.29 is 9.90 Å². The van der Waals surface area contributed by atoms with E-state index in [1.54, 1.807) is 6.07 Å². The van der Waals surface area contributed by atoms with Crippen molar-refractivity contribution in [2.75, 3.05) is 31.6 Å². The maximum absolute atomic E-state index is 12.6. The predicted octanol–water partition coefficient (Wildman–Crippen LogP) is 1.67. The molecule has 1 aliphatic rings. The van der Waals surface area contributed by atoms with E-state index in [-0.39, 0.29) is 18.4 Å². The molecule has 20 heavy (non-hydrogen) atoms. The number of carbonyl (C=O) groups is 1. The van der Waals surface area contributed by atoms with E-state index in [4.69, 9.17) is 0 Å². The quantitative estimate of drug-likeness (QED) is 0.878. The van der Waals surface area contributed by atoms with Crippen LogP contribution in [0.15, 0.2) is 12.1 Å². The van der Waals surface area contributed by atoms with Gasteiger partial charge < -0.3 is 15.3 Å².